The van der Waals surface area contributed by atoms with Gasteiger partial charge in [-0.25, -0.2) is 8.78 Å². The first-order valence-corrected chi connectivity index (χ1v) is 6.15. The van der Waals surface area contributed by atoms with Crippen molar-refractivity contribution in [3.8, 4) is 0 Å². The van der Waals surface area contributed by atoms with Crippen molar-refractivity contribution in [3.05, 3.63) is 65.2 Å². The monoisotopic (exact) mass is 301 g/mol. The van der Waals surface area contributed by atoms with Crippen molar-refractivity contribution in [2.24, 2.45) is 0 Å². The molecule has 0 aliphatic heterocycles. The normalized spacial score (nSPS) is 13.0. The summed E-state index contributed by atoms with van der Waals surface area (Å²) >= 11 is 0. The minimum absolute atomic E-state index is 0.164. The van der Waals surface area contributed by atoms with Gasteiger partial charge < -0.3 is 5.32 Å². The minimum Gasteiger partial charge on any atom is -0.378 e. The second kappa shape index (κ2) is 5.71. The fourth-order valence-electron chi connectivity index (χ4n) is 1.95. The van der Waals surface area contributed by atoms with Crippen LogP contribution < -0.4 is 5.32 Å². The Morgan fingerprint density at radius 3 is 2.14 bits per heavy atom. The predicted molar refractivity (Wildman–Crippen MR) is 69.8 cm³/mol. The van der Waals surface area contributed by atoms with Gasteiger partial charge in [0.1, 0.15) is 11.6 Å². The van der Waals surface area contributed by atoms with Gasteiger partial charge in [0.25, 0.3) is 0 Å². The second-order valence-corrected chi connectivity index (χ2v) is 4.65. The van der Waals surface area contributed by atoms with Gasteiger partial charge in [0.15, 0.2) is 0 Å². The molecule has 1 unspecified atom stereocenters. The van der Waals surface area contributed by atoms with Gasteiger partial charge >= 0.3 is 6.18 Å². The lowest BCUT2D eigenvalue weighted by Gasteiger charge is -2.17. The number of hydrogen-bond acceptors (Lipinski definition) is 1. The van der Waals surface area contributed by atoms with Crippen LogP contribution in [0.2, 0.25) is 0 Å². The molecule has 21 heavy (non-hydrogen) atoms. The molecular weight excluding hydrogens is 289 g/mol. The van der Waals surface area contributed by atoms with Gasteiger partial charge in [0, 0.05) is 17.8 Å². The maximum absolute atomic E-state index is 13.1. The molecule has 0 radical (unpaired) electrons. The third-order valence-corrected chi connectivity index (χ3v) is 2.96. The Labute approximate surface area is 118 Å². The molecule has 0 bridgehead atoms. The van der Waals surface area contributed by atoms with Crippen molar-refractivity contribution >= 4 is 5.69 Å². The molecule has 0 aliphatic carbocycles. The Morgan fingerprint density at radius 1 is 0.952 bits per heavy atom. The molecular formula is C15H12F5N. The number of alkyl halides is 3. The zero-order chi connectivity index (χ0) is 15.6. The van der Waals surface area contributed by atoms with Crippen LogP contribution in [-0.4, -0.2) is 0 Å². The standard InChI is InChI=1S/C15H12F5N/c1-9(21-14-7-12(16)6-13(17)8-14)10-3-2-4-11(5-10)15(18,19)20/h2-9,21H,1H3. The highest BCUT2D eigenvalue weighted by Crippen LogP contribution is 2.31. The van der Waals surface area contributed by atoms with Gasteiger partial charge in [-0.2, -0.15) is 13.2 Å². The highest BCUT2D eigenvalue weighted by Gasteiger charge is 2.30. The van der Waals surface area contributed by atoms with Gasteiger partial charge in [-0.05, 0) is 36.8 Å². The summed E-state index contributed by atoms with van der Waals surface area (Å²) in [6, 6.07) is 7.13. The van der Waals surface area contributed by atoms with E-state index in [4.69, 9.17) is 0 Å². The van der Waals surface area contributed by atoms with E-state index in [1.807, 2.05) is 0 Å². The van der Waals surface area contributed by atoms with E-state index in [1.165, 1.54) is 12.1 Å². The molecule has 0 fully saturated rings. The maximum Gasteiger partial charge on any atom is 0.416 e. The number of halogens is 5. The molecule has 1 nitrogen and oxygen atoms in total. The third kappa shape index (κ3) is 3.93. The Kier molecular flexibility index (Phi) is 4.16. The number of rotatable bonds is 3. The molecule has 2 rings (SSSR count). The molecule has 2 aromatic rings. The maximum atomic E-state index is 13.1. The Hall–Kier alpha value is -2.11. The van der Waals surface area contributed by atoms with Crippen molar-refractivity contribution in [1.29, 1.82) is 0 Å². The molecule has 0 saturated heterocycles. The molecule has 1 N–H and O–H groups in total. The van der Waals surface area contributed by atoms with Gasteiger partial charge in [0.05, 0.1) is 5.56 Å². The molecule has 0 amide bonds. The van der Waals surface area contributed by atoms with Crippen LogP contribution in [0.5, 0.6) is 0 Å². The van der Waals surface area contributed by atoms with E-state index in [-0.39, 0.29) is 5.69 Å². The lowest BCUT2D eigenvalue weighted by atomic mass is 10.0. The first-order chi connectivity index (χ1) is 9.75. The first kappa shape index (κ1) is 15.3. The smallest absolute Gasteiger partial charge is 0.378 e. The van der Waals surface area contributed by atoms with Gasteiger partial charge in [-0.1, -0.05) is 12.1 Å². The Balaban J connectivity index is 2.22. The fraction of sp³-hybridized carbons (Fsp3) is 0.200. The quantitative estimate of drug-likeness (QED) is 0.772. The molecule has 1 atom stereocenters. The largest absolute Gasteiger partial charge is 0.416 e. The highest BCUT2D eigenvalue weighted by molar-refractivity contribution is 5.46. The zero-order valence-electron chi connectivity index (χ0n) is 11.0. The van der Waals surface area contributed by atoms with E-state index < -0.39 is 29.4 Å². The summed E-state index contributed by atoms with van der Waals surface area (Å²) in [5.41, 5.74) is -0.231. The van der Waals surface area contributed by atoms with Crippen LogP contribution in [-0.2, 0) is 6.18 Å². The van der Waals surface area contributed by atoms with Crippen LogP contribution in [0.1, 0.15) is 24.1 Å². The van der Waals surface area contributed by atoms with Crippen LogP contribution in [0.15, 0.2) is 42.5 Å². The Bertz CT molecular complexity index is 616. The van der Waals surface area contributed by atoms with Crippen molar-refractivity contribution in [1.82, 2.24) is 0 Å². The average Bonchev–Trinajstić information content (AvgIpc) is 2.36. The molecule has 0 saturated carbocycles. The lowest BCUT2D eigenvalue weighted by Crippen LogP contribution is -2.10. The van der Waals surface area contributed by atoms with Gasteiger partial charge in [-0.3, -0.25) is 0 Å². The summed E-state index contributed by atoms with van der Waals surface area (Å²) in [5.74, 6) is -1.51. The summed E-state index contributed by atoms with van der Waals surface area (Å²) in [6.07, 6.45) is -4.43. The number of hydrogen-bond donors (Lipinski definition) is 1. The summed E-state index contributed by atoms with van der Waals surface area (Å²) in [4.78, 5) is 0. The van der Waals surface area contributed by atoms with Crippen molar-refractivity contribution < 1.29 is 22.0 Å². The lowest BCUT2D eigenvalue weighted by molar-refractivity contribution is -0.137. The number of nitrogens with one attached hydrogen (secondary N) is 1. The molecule has 0 heterocycles. The minimum atomic E-state index is -4.43. The summed E-state index contributed by atoms with van der Waals surface area (Å²) < 4.78 is 64.1. The first-order valence-electron chi connectivity index (χ1n) is 6.15. The summed E-state index contributed by atoms with van der Waals surface area (Å²) in [6.45, 7) is 1.61. The van der Waals surface area contributed by atoms with Gasteiger partial charge in [-0.15, -0.1) is 0 Å². The average molecular weight is 301 g/mol. The predicted octanol–water partition coefficient (Wildman–Crippen LogP) is 5.16. The summed E-state index contributed by atoms with van der Waals surface area (Å²) in [5, 5.41) is 2.77. The fourth-order valence-corrected chi connectivity index (χ4v) is 1.95. The number of benzene rings is 2. The topological polar surface area (TPSA) is 12.0 Å². The highest BCUT2D eigenvalue weighted by atomic mass is 19.4. The van der Waals surface area contributed by atoms with E-state index >= 15 is 0 Å². The molecule has 0 spiro atoms. The van der Waals surface area contributed by atoms with Crippen LogP contribution in [0, 0.1) is 11.6 Å². The Morgan fingerprint density at radius 2 is 1.57 bits per heavy atom. The van der Waals surface area contributed by atoms with E-state index in [0.29, 0.717) is 5.56 Å². The molecule has 0 aromatic heterocycles. The van der Waals surface area contributed by atoms with Crippen LogP contribution >= 0.6 is 0 Å². The van der Waals surface area contributed by atoms with Crippen molar-refractivity contribution in [2.75, 3.05) is 5.32 Å². The molecule has 2 aromatic carbocycles. The van der Waals surface area contributed by atoms with Crippen LogP contribution in [0.4, 0.5) is 27.6 Å². The van der Waals surface area contributed by atoms with Gasteiger partial charge in [0.2, 0.25) is 0 Å². The zero-order valence-corrected chi connectivity index (χ0v) is 11.0. The number of anilines is 1. The van der Waals surface area contributed by atoms with Crippen molar-refractivity contribution in [3.63, 3.8) is 0 Å². The SMILES string of the molecule is CC(Nc1cc(F)cc(F)c1)c1cccc(C(F)(F)F)c1. The van der Waals surface area contributed by atoms with Crippen LogP contribution in [0.25, 0.3) is 0 Å². The van der Waals surface area contributed by atoms with Crippen molar-refractivity contribution in [2.45, 2.75) is 19.1 Å². The van der Waals surface area contributed by atoms with E-state index in [9.17, 15) is 22.0 Å². The summed E-state index contributed by atoms with van der Waals surface area (Å²) in [7, 11) is 0. The third-order valence-electron chi connectivity index (χ3n) is 2.96. The molecule has 0 aliphatic rings. The molecule has 112 valence electrons. The van der Waals surface area contributed by atoms with E-state index in [0.717, 1.165) is 30.3 Å². The van der Waals surface area contributed by atoms with Crippen LogP contribution in [0.3, 0.4) is 0 Å². The van der Waals surface area contributed by atoms with E-state index in [2.05, 4.69) is 5.32 Å². The molecule has 6 heteroatoms. The second-order valence-electron chi connectivity index (χ2n) is 4.65. The van der Waals surface area contributed by atoms with E-state index in [1.54, 1.807) is 6.92 Å².